The minimum absolute atomic E-state index is 0.222. The SMILES string of the molecule is CCn1nc(C)cc1-c1ncc2c(n1)[nH]c1c(OCCCC3CCB(C#N)CC3)cc(C(N)=O)cc12. The first-order valence-corrected chi connectivity index (χ1v) is 12.7. The zero-order chi connectivity index (χ0) is 25.2. The number of nitriles is 1. The zero-order valence-corrected chi connectivity index (χ0v) is 20.8. The average molecular weight is 483 g/mol. The van der Waals surface area contributed by atoms with Crippen LogP contribution < -0.4 is 10.5 Å². The number of nitrogens with zero attached hydrogens (tertiary/aromatic N) is 5. The molecule has 184 valence electrons. The Morgan fingerprint density at radius 3 is 2.83 bits per heavy atom. The van der Waals surface area contributed by atoms with Crippen LogP contribution in [0.1, 0.15) is 48.7 Å². The molecule has 4 heterocycles. The number of benzene rings is 1. The lowest BCUT2D eigenvalue weighted by molar-refractivity contribution is 0.1000. The van der Waals surface area contributed by atoms with Gasteiger partial charge in [0, 0.05) is 35.0 Å². The maximum absolute atomic E-state index is 12.0. The maximum Gasteiger partial charge on any atom is 0.267 e. The number of nitrogens with one attached hydrogen (secondary N) is 1. The number of hydrogen-bond donors (Lipinski definition) is 2. The van der Waals surface area contributed by atoms with Crippen LogP contribution in [0.2, 0.25) is 12.6 Å². The third-order valence-corrected chi connectivity index (χ3v) is 7.18. The van der Waals surface area contributed by atoms with E-state index >= 15 is 0 Å². The van der Waals surface area contributed by atoms with Gasteiger partial charge in [0.15, 0.2) is 5.82 Å². The summed E-state index contributed by atoms with van der Waals surface area (Å²) in [5.74, 6) is 3.71. The summed E-state index contributed by atoms with van der Waals surface area (Å²) in [7, 11) is 0. The summed E-state index contributed by atoms with van der Waals surface area (Å²) in [4.78, 5) is 24.8. The van der Waals surface area contributed by atoms with E-state index in [0.29, 0.717) is 35.3 Å². The van der Waals surface area contributed by atoms with Crippen LogP contribution in [0, 0.1) is 24.1 Å². The summed E-state index contributed by atoms with van der Waals surface area (Å²) < 4.78 is 8.05. The van der Waals surface area contributed by atoms with Gasteiger partial charge < -0.3 is 15.5 Å². The quantitative estimate of drug-likeness (QED) is 0.279. The third-order valence-electron chi connectivity index (χ3n) is 7.18. The fourth-order valence-corrected chi connectivity index (χ4v) is 5.23. The number of aryl methyl sites for hydroxylation is 2. The molecule has 10 heteroatoms. The Hall–Kier alpha value is -3.87. The van der Waals surface area contributed by atoms with E-state index in [2.05, 4.69) is 21.0 Å². The molecule has 9 nitrogen and oxygen atoms in total. The monoisotopic (exact) mass is 483 g/mol. The van der Waals surface area contributed by atoms with Gasteiger partial charge in [-0.3, -0.25) is 9.48 Å². The summed E-state index contributed by atoms with van der Waals surface area (Å²) >= 11 is 0. The molecule has 5 rings (SSSR count). The van der Waals surface area contributed by atoms with Gasteiger partial charge in [0.1, 0.15) is 17.1 Å². The number of rotatable bonds is 8. The van der Waals surface area contributed by atoms with Crippen LogP contribution in [0.4, 0.5) is 0 Å². The first kappa shape index (κ1) is 23.9. The lowest BCUT2D eigenvalue weighted by Crippen LogP contribution is -2.20. The van der Waals surface area contributed by atoms with Crippen LogP contribution in [0.15, 0.2) is 24.4 Å². The third kappa shape index (κ3) is 4.65. The number of carbonyl (C=O) groups is 1. The second kappa shape index (κ2) is 10.0. The van der Waals surface area contributed by atoms with Crippen molar-refractivity contribution in [2.45, 2.75) is 58.7 Å². The van der Waals surface area contributed by atoms with Crippen molar-refractivity contribution in [3.8, 4) is 23.2 Å². The number of H-pyrrole nitrogens is 1. The Bertz CT molecular complexity index is 1460. The zero-order valence-electron chi connectivity index (χ0n) is 20.8. The number of carbonyl (C=O) groups excluding carboxylic acids is 1. The van der Waals surface area contributed by atoms with E-state index in [9.17, 15) is 4.79 Å². The van der Waals surface area contributed by atoms with E-state index in [1.165, 1.54) is 0 Å². The Kier molecular flexibility index (Phi) is 6.64. The van der Waals surface area contributed by atoms with Crippen LogP contribution in [0.25, 0.3) is 33.5 Å². The fourth-order valence-electron chi connectivity index (χ4n) is 5.23. The Morgan fingerprint density at radius 2 is 2.11 bits per heavy atom. The molecule has 1 saturated heterocycles. The van der Waals surface area contributed by atoms with Crippen molar-refractivity contribution in [2.24, 2.45) is 11.7 Å². The van der Waals surface area contributed by atoms with Crippen molar-refractivity contribution in [3.05, 3.63) is 35.7 Å². The lowest BCUT2D eigenvalue weighted by atomic mass is 9.41. The summed E-state index contributed by atoms with van der Waals surface area (Å²) in [6, 6.07) is 5.43. The first-order valence-electron chi connectivity index (χ1n) is 12.7. The molecule has 1 aromatic carbocycles. The number of amides is 1. The molecule has 36 heavy (non-hydrogen) atoms. The highest BCUT2D eigenvalue weighted by molar-refractivity contribution is 6.67. The van der Waals surface area contributed by atoms with Gasteiger partial charge in [0.05, 0.1) is 17.8 Å². The maximum atomic E-state index is 12.0. The Balaban J connectivity index is 1.40. The fraction of sp³-hybridized carbons (Fsp3) is 0.423. The van der Waals surface area contributed by atoms with Crippen molar-refractivity contribution in [2.75, 3.05) is 6.61 Å². The topological polar surface area (TPSA) is 136 Å². The van der Waals surface area contributed by atoms with Gasteiger partial charge in [-0.25, -0.2) is 15.2 Å². The highest BCUT2D eigenvalue weighted by Crippen LogP contribution is 2.34. The number of primary amides is 1. The molecule has 3 aromatic heterocycles. The van der Waals surface area contributed by atoms with E-state index in [4.69, 9.17) is 20.7 Å². The molecular weight excluding hydrogens is 453 g/mol. The number of aromatic nitrogens is 5. The molecule has 1 amide bonds. The van der Waals surface area contributed by atoms with Gasteiger partial charge >= 0.3 is 0 Å². The van der Waals surface area contributed by atoms with E-state index in [1.54, 1.807) is 18.3 Å². The molecule has 1 aliphatic rings. The average Bonchev–Trinajstić information content (AvgIpc) is 3.46. The van der Waals surface area contributed by atoms with Crippen LogP contribution in [-0.2, 0) is 6.54 Å². The predicted molar refractivity (Wildman–Crippen MR) is 140 cm³/mol. The Morgan fingerprint density at radius 1 is 1.31 bits per heavy atom. The van der Waals surface area contributed by atoms with Crippen LogP contribution in [0.5, 0.6) is 5.75 Å². The first-order chi connectivity index (χ1) is 17.5. The molecular formula is C26H30BN7O2. The predicted octanol–water partition coefficient (Wildman–Crippen LogP) is 4.53. The molecule has 1 fully saturated rings. The molecule has 0 spiro atoms. The molecule has 0 bridgehead atoms. The van der Waals surface area contributed by atoms with Crippen LogP contribution in [0.3, 0.4) is 0 Å². The minimum Gasteiger partial charge on any atom is -0.491 e. The van der Waals surface area contributed by atoms with E-state index in [1.807, 2.05) is 24.6 Å². The van der Waals surface area contributed by atoms with Gasteiger partial charge in [0.2, 0.25) is 5.91 Å². The van der Waals surface area contributed by atoms with Crippen molar-refractivity contribution >= 4 is 34.6 Å². The molecule has 4 aromatic rings. The highest BCUT2D eigenvalue weighted by Gasteiger charge is 2.24. The van der Waals surface area contributed by atoms with Gasteiger partial charge in [-0.1, -0.05) is 25.5 Å². The minimum atomic E-state index is -0.509. The number of aromatic amines is 1. The summed E-state index contributed by atoms with van der Waals surface area (Å²) in [6.45, 7) is 5.46. The van der Waals surface area contributed by atoms with Crippen molar-refractivity contribution < 1.29 is 9.53 Å². The number of nitrogens with two attached hydrogens (primary N) is 1. The van der Waals surface area contributed by atoms with Gasteiger partial charge in [-0.15, -0.1) is 0 Å². The normalized spacial score (nSPS) is 14.4. The van der Waals surface area contributed by atoms with Crippen LogP contribution >= 0.6 is 0 Å². The molecule has 3 N–H and O–H groups in total. The lowest BCUT2D eigenvalue weighted by Gasteiger charge is -2.23. The number of fused-ring (bicyclic) bond motifs is 3. The van der Waals surface area contributed by atoms with Gasteiger partial charge in [0.25, 0.3) is 6.71 Å². The number of hydrogen-bond acceptors (Lipinski definition) is 6. The van der Waals surface area contributed by atoms with E-state index in [0.717, 1.165) is 72.5 Å². The van der Waals surface area contributed by atoms with Crippen molar-refractivity contribution in [1.29, 1.82) is 5.26 Å². The van der Waals surface area contributed by atoms with Crippen LogP contribution in [-0.4, -0.2) is 44.0 Å². The standard InChI is InChI=1S/C26H30BN7O2/c1-3-34-21(11-16(2)33-34)26-30-14-20-19-12-18(24(29)35)13-22(23(19)31-25(20)32-26)36-10-4-5-17-6-8-27(15-28)9-7-17/h11-14,17H,3-10H2,1-2H3,(H2,29,35)(H,30,31,32). The van der Waals surface area contributed by atoms with E-state index in [-0.39, 0.29) is 6.71 Å². The smallest absolute Gasteiger partial charge is 0.267 e. The van der Waals surface area contributed by atoms with E-state index < -0.39 is 5.91 Å². The molecule has 1 aliphatic heterocycles. The second-order valence-electron chi connectivity index (χ2n) is 9.67. The molecule has 0 radical (unpaired) electrons. The van der Waals surface area contributed by atoms with Crippen molar-refractivity contribution in [1.82, 2.24) is 24.7 Å². The summed E-state index contributed by atoms with van der Waals surface area (Å²) in [5.41, 5.74) is 9.22. The largest absolute Gasteiger partial charge is 0.491 e. The molecule has 0 atom stereocenters. The highest BCUT2D eigenvalue weighted by atomic mass is 16.5. The van der Waals surface area contributed by atoms with Gasteiger partial charge in [-0.2, -0.15) is 5.10 Å². The summed E-state index contributed by atoms with van der Waals surface area (Å²) in [5, 5.41) is 15.2. The second-order valence-corrected chi connectivity index (χ2v) is 9.67. The summed E-state index contributed by atoms with van der Waals surface area (Å²) in [6.07, 6.45) is 7.97. The van der Waals surface area contributed by atoms with Gasteiger partial charge in [-0.05, 0) is 50.8 Å². The number of ether oxygens (including phenoxy) is 1. The van der Waals surface area contributed by atoms with Crippen molar-refractivity contribution in [3.63, 3.8) is 0 Å². The molecule has 0 aliphatic carbocycles. The molecule has 0 unspecified atom stereocenters. The molecule has 0 saturated carbocycles. The Labute approximate surface area is 210 Å².